The van der Waals surface area contributed by atoms with Crippen LogP contribution in [0, 0.1) is 5.92 Å². The van der Waals surface area contributed by atoms with E-state index in [2.05, 4.69) is 20.9 Å². The Labute approximate surface area is 202 Å². The second kappa shape index (κ2) is 13.0. The van der Waals surface area contributed by atoms with Crippen molar-refractivity contribution in [1.29, 1.82) is 0 Å². The molecule has 1 heterocycles. The minimum Gasteiger partial charge on any atom is -0.480 e. The molecule has 0 bridgehead atoms. The first-order valence-electron chi connectivity index (χ1n) is 11.0. The van der Waals surface area contributed by atoms with E-state index >= 15 is 0 Å². The molecule has 3 amide bonds. The van der Waals surface area contributed by atoms with Gasteiger partial charge in [-0.05, 0) is 36.0 Å². The van der Waals surface area contributed by atoms with Crippen molar-refractivity contribution in [2.24, 2.45) is 11.7 Å². The van der Waals surface area contributed by atoms with Crippen molar-refractivity contribution >= 4 is 46.4 Å². The second-order valence-electron chi connectivity index (χ2n) is 8.35. The maximum Gasteiger partial charge on any atom is 0.326 e. The molecule has 11 heteroatoms. The molecule has 1 aromatic carbocycles. The van der Waals surface area contributed by atoms with Gasteiger partial charge in [-0.3, -0.25) is 14.4 Å². The number of hydrogen-bond acceptors (Lipinski definition) is 6. The van der Waals surface area contributed by atoms with E-state index in [-0.39, 0.29) is 25.3 Å². The van der Waals surface area contributed by atoms with Gasteiger partial charge in [0.05, 0.1) is 12.6 Å². The number of aromatic nitrogens is 1. The van der Waals surface area contributed by atoms with Crippen LogP contribution in [-0.2, 0) is 25.6 Å². The van der Waals surface area contributed by atoms with Crippen LogP contribution in [0.15, 0.2) is 30.5 Å². The van der Waals surface area contributed by atoms with Gasteiger partial charge in [0.2, 0.25) is 17.7 Å². The maximum atomic E-state index is 13.0. The first kappa shape index (κ1) is 27.2. The summed E-state index contributed by atoms with van der Waals surface area (Å²) in [7, 11) is 0. The van der Waals surface area contributed by atoms with Gasteiger partial charge < -0.3 is 31.8 Å². The zero-order chi connectivity index (χ0) is 25.3. The highest BCUT2D eigenvalue weighted by Gasteiger charge is 2.27. The van der Waals surface area contributed by atoms with Crippen molar-refractivity contribution in [2.75, 3.05) is 18.6 Å². The molecule has 2 rings (SSSR count). The molecule has 2 aromatic rings. The number of aliphatic carboxylic acids is 1. The second-order valence-corrected chi connectivity index (χ2v) is 9.34. The molecule has 0 saturated carbocycles. The van der Waals surface area contributed by atoms with E-state index in [1.54, 1.807) is 20.0 Å². The number of carboxylic acid groups (broad SMARTS) is 1. The number of H-pyrrole nitrogens is 1. The monoisotopic (exact) mass is 491 g/mol. The highest BCUT2D eigenvalue weighted by molar-refractivity contribution is 7.98. The van der Waals surface area contributed by atoms with Crippen LogP contribution in [0.2, 0.25) is 0 Å². The third kappa shape index (κ3) is 7.77. The number of para-hydroxylation sites is 1. The Bertz CT molecular complexity index is 1010. The van der Waals surface area contributed by atoms with Crippen LogP contribution < -0.4 is 21.7 Å². The lowest BCUT2D eigenvalue weighted by atomic mass is 10.0. The molecule has 0 spiro atoms. The molecule has 1 aromatic heterocycles. The van der Waals surface area contributed by atoms with Crippen molar-refractivity contribution in [3.8, 4) is 0 Å². The first-order valence-corrected chi connectivity index (χ1v) is 12.4. The van der Waals surface area contributed by atoms with Gasteiger partial charge in [0, 0.05) is 23.5 Å². The summed E-state index contributed by atoms with van der Waals surface area (Å²) in [4.78, 5) is 52.4. The van der Waals surface area contributed by atoms with E-state index in [1.807, 2.05) is 30.5 Å². The number of benzene rings is 1. The number of nitrogens with two attached hydrogens (primary N) is 1. The lowest BCUT2D eigenvalue weighted by molar-refractivity contribution is -0.142. The predicted octanol–water partition coefficient (Wildman–Crippen LogP) is 0.617. The number of carbonyl (C=O) groups is 4. The van der Waals surface area contributed by atoms with Crippen LogP contribution in [0.3, 0.4) is 0 Å². The van der Waals surface area contributed by atoms with Crippen molar-refractivity contribution < 1.29 is 24.3 Å². The quantitative estimate of drug-likeness (QED) is 0.239. The lowest BCUT2D eigenvalue weighted by Crippen LogP contribution is -2.54. The number of hydrogen-bond donors (Lipinski definition) is 6. The third-order valence-electron chi connectivity index (χ3n) is 5.42. The molecule has 7 N–H and O–H groups in total. The molecule has 10 nitrogen and oxygen atoms in total. The number of thioether (sulfide) groups is 1. The molecule has 34 heavy (non-hydrogen) atoms. The summed E-state index contributed by atoms with van der Waals surface area (Å²) < 4.78 is 0. The van der Waals surface area contributed by atoms with Gasteiger partial charge in [0.25, 0.3) is 0 Å². The molecule has 0 aliphatic rings. The van der Waals surface area contributed by atoms with Gasteiger partial charge in [-0.2, -0.15) is 11.8 Å². The normalized spacial score (nSPS) is 13.8. The average Bonchev–Trinajstić information content (AvgIpc) is 3.21. The van der Waals surface area contributed by atoms with Gasteiger partial charge in [-0.1, -0.05) is 32.0 Å². The third-order valence-corrected chi connectivity index (χ3v) is 6.06. The van der Waals surface area contributed by atoms with E-state index in [0.29, 0.717) is 5.75 Å². The van der Waals surface area contributed by atoms with Gasteiger partial charge in [-0.25, -0.2) is 4.79 Å². The Balaban J connectivity index is 2.15. The maximum absolute atomic E-state index is 13.0. The molecule has 0 saturated heterocycles. The fraction of sp³-hybridized carbons (Fsp3) is 0.478. The van der Waals surface area contributed by atoms with Gasteiger partial charge >= 0.3 is 5.97 Å². The Morgan fingerprint density at radius 2 is 1.79 bits per heavy atom. The molecule has 0 aliphatic heterocycles. The standard InChI is InChI=1S/C23H33N5O5S/c1-13(2)20(24)22(31)26-12-19(29)27-18(21(30)28-17(23(32)33)8-9-34-3)10-14-11-25-16-7-5-4-6-15(14)16/h4-7,11,13,17-18,20,25H,8-10,12,24H2,1-3H3,(H,26,31)(H,27,29)(H,28,30)(H,32,33). The average molecular weight is 492 g/mol. The molecule has 3 atom stereocenters. The molecule has 3 unspecified atom stereocenters. The van der Waals surface area contributed by atoms with E-state index in [9.17, 15) is 24.3 Å². The van der Waals surface area contributed by atoms with Crippen LogP contribution >= 0.6 is 11.8 Å². The van der Waals surface area contributed by atoms with Crippen LogP contribution in [-0.4, -0.2) is 70.5 Å². The summed E-state index contributed by atoms with van der Waals surface area (Å²) in [5, 5.41) is 18.0. The minimum atomic E-state index is -1.14. The van der Waals surface area contributed by atoms with Crippen LogP contribution in [0.1, 0.15) is 25.8 Å². The highest BCUT2D eigenvalue weighted by atomic mass is 32.2. The van der Waals surface area contributed by atoms with Crippen LogP contribution in [0.5, 0.6) is 0 Å². The topological polar surface area (TPSA) is 166 Å². The Morgan fingerprint density at radius 3 is 2.44 bits per heavy atom. The summed E-state index contributed by atoms with van der Waals surface area (Å²) in [6.07, 6.45) is 3.98. The minimum absolute atomic E-state index is 0.0994. The molecule has 0 aliphatic carbocycles. The highest BCUT2D eigenvalue weighted by Crippen LogP contribution is 2.19. The fourth-order valence-corrected chi connectivity index (χ4v) is 3.80. The predicted molar refractivity (Wildman–Crippen MR) is 132 cm³/mol. The van der Waals surface area contributed by atoms with Gasteiger partial charge in [0.15, 0.2) is 0 Å². The molecular weight excluding hydrogens is 458 g/mol. The number of fused-ring (bicyclic) bond motifs is 1. The number of carboxylic acids is 1. The van der Waals surface area contributed by atoms with E-state index < -0.39 is 41.8 Å². The number of nitrogens with one attached hydrogen (secondary N) is 4. The summed E-state index contributed by atoms with van der Waals surface area (Å²) in [5.41, 5.74) is 7.46. The largest absolute Gasteiger partial charge is 0.480 e. The summed E-state index contributed by atoms with van der Waals surface area (Å²) in [6.45, 7) is 3.23. The summed E-state index contributed by atoms with van der Waals surface area (Å²) in [5.74, 6) is -2.35. The first-order chi connectivity index (χ1) is 16.1. The molecule has 0 fully saturated rings. The van der Waals surface area contributed by atoms with Crippen LogP contribution in [0.4, 0.5) is 0 Å². The van der Waals surface area contributed by atoms with Crippen molar-refractivity contribution in [3.63, 3.8) is 0 Å². The Hall–Kier alpha value is -3.05. The number of carbonyl (C=O) groups excluding carboxylic acids is 3. The Kier molecular flexibility index (Phi) is 10.4. The van der Waals surface area contributed by atoms with Crippen molar-refractivity contribution in [2.45, 2.75) is 44.8 Å². The SMILES string of the molecule is CSCCC(NC(=O)C(Cc1c[nH]c2ccccc12)NC(=O)CNC(=O)C(N)C(C)C)C(=O)O. The zero-order valence-electron chi connectivity index (χ0n) is 19.6. The molecular formula is C23H33N5O5S. The summed E-state index contributed by atoms with van der Waals surface area (Å²) in [6, 6.07) is 4.65. The zero-order valence-corrected chi connectivity index (χ0v) is 20.4. The van der Waals surface area contributed by atoms with Crippen LogP contribution in [0.25, 0.3) is 10.9 Å². The Morgan fingerprint density at radius 1 is 1.09 bits per heavy atom. The molecule has 0 radical (unpaired) electrons. The number of amides is 3. The number of rotatable bonds is 13. The lowest BCUT2D eigenvalue weighted by Gasteiger charge is -2.22. The van der Waals surface area contributed by atoms with E-state index in [1.165, 1.54) is 11.8 Å². The summed E-state index contributed by atoms with van der Waals surface area (Å²) >= 11 is 1.47. The van der Waals surface area contributed by atoms with Gasteiger partial charge in [-0.15, -0.1) is 0 Å². The smallest absolute Gasteiger partial charge is 0.326 e. The van der Waals surface area contributed by atoms with Crippen molar-refractivity contribution in [3.05, 3.63) is 36.0 Å². The molecule has 186 valence electrons. The van der Waals surface area contributed by atoms with Gasteiger partial charge in [0.1, 0.15) is 12.1 Å². The van der Waals surface area contributed by atoms with E-state index in [0.717, 1.165) is 16.5 Å². The van der Waals surface area contributed by atoms with Crippen molar-refractivity contribution in [1.82, 2.24) is 20.9 Å². The number of aromatic amines is 1. The van der Waals surface area contributed by atoms with E-state index in [4.69, 9.17) is 5.73 Å². The fourth-order valence-electron chi connectivity index (χ4n) is 3.33.